The number of hydrogen-bond donors (Lipinski definition) is 5. The van der Waals surface area contributed by atoms with Gasteiger partial charge in [-0.15, -0.1) is 0 Å². The number of aliphatic hydroxyl groups is 5. The zero-order valence-corrected chi connectivity index (χ0v) is 24.0. The molecule has 0 amide bonds. The van der Waals surface area contributed by atoms with Crippen LogP contribution >= 0.6 is 0 Å². The predicted molar refractivity (Wildman–Crippen MR) is 150 cm³/mol. The highest BCUT2D eigenvalue weighted by atomic mass is 16.3. The number of aliphatic hydroxyl groups excluding tert-OH is 3. The Balaban J connectivity index is 1.79. The Morgan fingerprint density at radius 1 is 1.05 bits per heavy atom. The summed E-state index contributed by atoms with van der Waals surface area (Å²) in [6.45, 7) is 13.7. The molecular formula is C32H54O5. The van der Waals surface area contributed by atoms with E-state index in [1.54, 1.807) is 13.8 Å². The first kappa shape index (κ1) is 30.6. The van der Waals surface area contributed by atoms with Gasteiger partial charge in [0.2, 0.25) is 0 Å². The van der Waals surface area contributed by atoms with Crippen molar-refractivity contribution < 1.29 is 25.5 Å². The standard InChI is InChI=1S/C32H54O5/c1-21-24(19-25(33)20-28(21)34)12-11-22-10-8-18-32(6)26(22)14-15-27(32)23(9-7-17-30(2,3)36)13-16-29(35)31(4,5)37/h11-12,23,25-29,33-37H,1,7-10,13-20H2,2-6H3/t23-,25?,26?,27+,28-,29?,32-/m0/s1. The van der Waals surface area contributed by atoms with Gasteiger partial charge in [0.15, 0.2) is 0 Å². The molecule has 0 heterocycles. The Morgan fingerprint density at radius 2 is 1.76 bits per heavy atom. The van der Waals surface area contributed by atoms with Crippen LogP contribution in [0.4, 0.5) is 0 Å². The molecule has 5 heteroatoms. The van der Waals surface area contributed by atoms with Crippen molar-refractivity contribution in [1.29, 1.82) is 0 Å². The molecular weight excluding hydrogens is 464 g/mol. The van der Waals surface area contributed by atoms with Crippen LogP contribution in [0.15, 0.2) is 35.5 Å². The molecule has 0 radical (unpaired) electrons. The molecule has 212 valence electrons. The second kappa shape index (κ2) is 12.0. The summed E-state index contributed by atoms with van der Waals surface area (Å²) in [5, 5.41) is 51.5. The summed E-state index contributed by atoms with van der Waals surface area (Å²) in [4.78, 5) is 0. The van der Waals surface area contributed by atoms with E-state index in [1.807, 2.05) is 13.8 Å². The molecule has 3 unspecified atom stereocenters. The van der Waals surface area contributed by atoms with Crippen molar-refractivity contribution in [2.75, 3.05) is 0 Å². The van der Waals surface area contributed by atoms with Gasteiger partial charge in [-0.1, -0.05) is 44.1 Å². The van der Waals surface area contributed by atoms with Crippen molar-refractivity contribution in [3.05, 3.63) is 35.5 Å². The van der Waals surface area contributed by atoms with Gasteiger partial charge >= 0.3 is 0 Å². The van der Waals surface area contributed by atoms with Crippen LogP contribution in [-0.4, -0.2) is 55.0 Å². The molecule has 3 rings (SSSR count). The third kappa shape index (κ3) is 7.79. The van der Waals surface area contributed by atoms with E-state index in [2.05, 4.69) is 25.7 Å². The van der Waals surface area contributed by atoms with Crippen molar-refractivity contribution in [2.45, 2.75) is 141 Å². The maximum Gasteiger partial charge on any atom is 0.0849 e. The Labute approximate surface area is 225 Å². The average molecular weight is 519 g/mol. The Bertz CT molecular complexity index is 844. The van der Waals surface area contributed by atoms with Gasteiger partial charge in [-0.3, -0.25) is 0 Å². The predicted octanol–water partition coefficient (Wildman–Crippen LogP) is 5.60. The molecule has 5 nitrogen and oxygen atoms in total. The fourth-order valence-electron chi connectivity index (χ4n) is 7.59. The molecule has 5 N–H and O–H groups in total. The lowest BCUT2D eigenvalue weighted by Crippen LogP contribution is -2.39. The first-order chi connectivity index (χ1) is 17.1. The van der Waals surface area contributed by atoms with Crippen molar-refractivity contribution in [3.63, 3.8) is 0 Å². The van der Waals surface area contributed by atoms with E-state index in [1.165, 1.54) is 24.8 Å². The smallest absolute Gasteiger partial charge is 0.0849 e. The summed E-state index contributed by atoms with van der Waals surface area (Å²) >= 11 is 0. The minimum Gasteiger partial charge on any atom is -0.393 e. The third-order valence-corrected chi connectivity index (χ3v) is 9.86. The lowest BCUT2D eigenvalue weighted by Gasteiger charge is -2.45. The monoisotopic (exact) mass is 518 g/mol. The maximum absolute atomic E-state index is 10.6. The molecule has 0 aromatic heterocycles. The van der Waals surface area contributed by atoms with Crippen LogP contribution in [0.25, 0.3) is 0 Å². The van der Waals surface area contributed by atoms with Gasteiger partial charge in [0.25, 0.3) is 0 Å². The Hall–Kier alpha value is -0.980. The second-order valence-corrected chi connectivity index (χ2v) is 13.9. The first-order valence-corrected chi connectivity index (χ1v) is 14.7. The number of hydrogen-bond acceptors (Lipinski definition) is 5. The third-order valence-electron chi connectivity index (χ3n) is 9.86. The molecule has 0 spiro atoms. The highest BCUT2D eigenvalue weighted by molar-refractivity contribution is 5.38. The minimum atomic E-state index is -1.10. The second-order valence-electron chi connectivity index (χ2n) is 13.9. The topological polar surface area (TPSA) is 101 Å². The van der Waals surface area contributed by atoms with Crippen molar-refractivity contribution in [3.8, 4) is 0 Å². The van der Waals surface area contributed by atoms with E-state index in [-0.39, 0.29) is 5.41 Å². The van der Waals surface area contributed by atoms with E-state index < -0.39 is 29.5 Å². The molecule has 3 fully saturated rings. The first-order valence-electron chi connectivity index (χ1n) is 14.7. The Kier molecular flexibility index (Phi) is 9.94. The summed E-state index contributed by atoms with van der Waals surface area (Å²) < 4.78 is 0. The zero-order chi connectivity index (χ0) is 27.6. The van der Waals surface area contributed by atoms with E-state index in [9.17, 15) is 25.5 Å². The molecule has 7 atom stereocenters. The van der Waals surface area contributed by atoms with Gasteiger partial charge in [0, 0.05) is 6.42 Å². The van der Waals surface area contributed by atoms with Crippen molar-refractivity contribution >= 4 is 0 Å². The van der Waals surface area contributed by atoms with Crippen LogP contribution in [0, 0.1) is 23.2 Å². The molecule has 3 aliphatic rings. The summed E-state index contributed by atoms with van der Waals surface area (Å²) in [5.74, 6) is 1.53. The van der Waals surface area contributed by atoms with E-state index in [4.69, 9.17) is 0 Å². The highest BCUT2D eigenvalue weighted by Crippen LogP contribution is 2.60. The molecule has 0 aromatic rings. The molecule has 0 saturated heterocycles. The van der Waals surface area contributed by atoms with Crippen molar-refractivity contribution in [2.24, 2.45) is 23.2 Å². The number of rotatable bonds is 10. The van der Waals surface area contributed by atoms with Crippen LogP contribution in [-0.2, 0) is 0 Å². The molecule has 37 heavy (non-hydrogen) atoms. The normalized spacial score (nSPS) is 35.1. The largest absolute Gasteiger partial charge is 0.393 e. The van der Waals surface area contributed by atoms with Crippen LogP contribution in [0.2, 0.25) is 0 Å². The lowest BCUT2D eigenvalue weighted by molar-refractivity contribution is -0.0563. The van der Waals surface area contributed by atoms with Gasteiger partial charge in [-0.25, -0.2) is 0 Å². The quantitative estimate of drug-likeness (QED) is 0.259. The van der Waals surface area contributed by atoms with Gasteiger partial charge in [-0.2, -0.15) is 0 Å². The zero-order valence-electron chi connectivity index (χ0n) is 24.0. The van der Waals surface area contributed by atoms with E-state index in [0.29, 0.717) is 37.0 Å². The molecule has 0 bridgehead atoms. The highest BCUT2D eigenvalue weighted by Gasteiger charge is 2.51. The minimum absolute atomic E-state index is 0.199. The van der Waals surface area contributed by atoms with Crippen LogP contribution in [0.3, 0.4) is 0 Å². The lowest BCUT2D eigenvalue weighted by atomic mass is 9.60. The summed E-state index contributed by atoms with van der Waals surface area (Å²) in [7, 11) is 0. The average Bonchev–Trinajstić information content (AvgIpc) is 3.13. The van der Waals surface area contributed by atoms with Gasteiger partial charge in [-0.05, 0) is 120 Å². The summed E-state index contributed by atoms with van der Waals surface area (Å²) in [6, 6.07) is 0. The molecule has 3 saturated carbocycles. The SMILES string of the molecule is C=C1C(=CC=C2CCC[C@@]3(C)C2CC[C@@H]3[C@@H](CCCC(C)(C)O)CCC(O)C(C)(C)O)CC(O)C[C@@H]1O. The van der Waals surface area contributed by atoms with Crippen LogP contribution < -0.4 is 0 Å². The van der Waals surface area contributed by atoms with E-state index >= 15 is 0 Å². The fraction of sp³-hybridized carbons (Fsp3) is 0.812. The number of allylic oxidation sites excluding steroid dienone is 3. The van der Waals surface area contributed by atoms with Gasteiger partial charge in [0.05, 0.1) is 29.5 Å². The number of fused-ring (bicyclic) bond motifs is 1. The summed E-state index contributed by atoms with van der Waals surface area (Å²) in [5.41, 5.74) is 1.62. The molecule has 3 aliphatic carbocycles. The fourth-order valence-corrected chi connectivity index (χ4v) is 7.59. The Morgan fingerprint density at radius 3 is 2.41 bits per heavy atom. The summed E-state index contributed by atoms with van der Waals surface area (Å²) in [6.07, 6.45) is 13.4. The van der Waals surface area contributed by atoms with Crippen LogP contribution in [0.5, 0.6) is 0 Å². The molecule has 0 aromatic carbocycles. The van der Waals surface area contributed by atoms with E-state index in [0.717, 1.165) is 49.7 Å². The van der Waals surface area contributed by atoms with Gasteiger partial charge < -0.3 is 25.5 Å². The van der Waals surface area contributed by atoms with Crippen LogP contribution in [0.1, 0.15) is 112 Å². The van der Waals surface area contributed by atoms with Gasteiger partial charge in [0.1, 0.15) is 0 Å². The molecule has 0 aliphatic heterocycles. The maximum atomic E-state index is 10.6. The van der Waals surface area contributed by atoms with Crippen molar-refractivity contribution in [1.82, 2.24) is 0 Å².